The van der Waals surface area contributed by atoms with Crippen molar-refractivity contribution in [1.82, 2.24) is 0 Å². The van der Waals surface area contributed by atoms with Crippen molar-refractivity contribution in [3.8, 4) is 0 Å². The lowest BCUT2D eigenvalue weighted by Crippen LogP contribution is -2.44. The van der Waals surface area contributed by atoms with Crippen LogP contribution in [0, 0.1) is 35.0 Å². The molecule has 0 radical (unpaired) electrons. The molecule has 0 spiro atoms. The fourth-order valence-electron chi connectivity index (χ4n) is 5.34. The molecule has 3 saturated carbocycles. The van der Waals surface area contributed by atoms with Crippen molar-refractivity contribution in [2.75, 3.05) is 6.61 Å². The van der Waals surface area contributed by atoms with E-state index in [9.17, 15) is 10.2 Å². The summed E-state index contributed by atoms with van der Waals surface area (Å²) in [5.41, 5.74) is -0.294. The van der Waals surface area contributed by atoms with E-state index in [1.165, 1.54) is 6.42 Å². The number of hydrogen-bond donors (Lipinski definition) is 2. The number of aliphatic hydroxyl groups is 2. The second-order valence-electron chi connectivity index (χ2n) is 7.49. The minimum Gasteiger partial charge on any atom is -0.393 e. The van der Waals surface area contributed by atoms with Crippen LogP contribution in [0.2, 0.25) is 0 Å². The Hall–Kier alpha value is -0.0800. The summed E-state index contributed by atoms with van der Waals surface area (Å²) in [6, 6.07) is 0. The quantitative estimate of drug-likeness (QED) is 0.736. The van der Waals surface area contributed by atoms with E-state index >= 15 is 0 Å². The molecule has 3 aliphatic carbocycles. The number of hydrogen-bond acceptors (Lipinski definition) is 2. The Kier molecular flexibility index (Phi) is 2.45. The van der Waals surface area contributed by atoms with E-state index in [2.05, 4.69) is 20.8 Å². The molecule has 0 aromatic heterocycles. The van der Waals surface area contributed by atoms with Gasteiger partial charge in [-0.1, -0.05) is 27.2 Å². The van der Waals surface area contributed by atoms with Gasteiger partial charge in [-0.2, -0.15) is 0 Å². The number of aliphatic hydroxyl groups excluding tert-OH is 1. The van der Waals surface area contributed by atoms with E-state index in [4.69, 9.17) is 0 Å². The molecule has 17 heavy (non-hydrogen) atoms. The van der Waals surface area contributed by atoms with Gasteiger partial charge in [0.2, 0.25) is 0 Å². The summed E-state index contributed by atoms with van der Waals surface area (Å²) in [5.74, 6) is 3.31. The average molecular weight is 238 g/mol. The van der Waals surface area contributed by atoms with Crippen molar-refractivity contribution in [1.29, 1.82) is 0 Å². The minimum absolute atomic E-state index is 0.0409. The Balaban J connectivity index is 1.94. The van der Waals surface area contributed by atoms with Crippen LogP contribution in [-0.2, 0) is 0 Å². The summed E-state index contributed by atoms with van der Waals surface area (Å²) >= 11 is 0. The highest BCUT2D eigenvalue weighted by atomic mass is 16.3. The predicted octanol–water partition coefficient (Wildman–Crippen LogP) is 2.44. The molecule has 0 saturated heterocycles. The zero-order valence-corrected chi connectivity index (χ0v) is 11.3. The molecule has 0 aromatic carbocycles. The Morgan fingerprint density at radius 2 is 1.82 bits per heavy atom. The summed E-state index contributed by atoms with van der Waals surface area (Å²) in [6.45, 7) is 7.10. The summed E-state index contributed by atoms with van der Waals surface area (Å²) in [5, 5.41) is 20.3. The van der Waals surface area contributed by atoms with E-state index in [0.29, 0.717) is 17.3 Å². The third-order valence-corrected chi connectivity index (χ3v) is 6.46. The normalized spacial score (nSPS) is 55.9. The van der Waals surface area contributed by atoms with Gasteiger partial charge in [-0.25, -0.2) is 0 Å². The van der Waals surface area contributed by atoms with E-state index in [1.54, 1.807) is 0 Å². The van der Waals surface area contributed by atoms with E-state index in [1.807, 2.05) is 0 Å². The lowest BCUT2D eigenvalue weighted by Gasteiger charge is -2.37. The first-order valence-electron chi connectivity index (χ1n) is 7.25. The smallest absolute Gasteiger partial charge is 0.0908 e. The van der Waals surface area contributed by atoms with Crippen molar-refractivity contribution in [2.24, 2.45) is 35.0 Å². The van der Waals surface area contributed by atoms with Gasteiger partial charge in [0.15, 0.2) is 0 Å². The SMILES string of the molecule is CC1CCC2C1C1C(CCC2(O)CO)C1(C)C. The van der Waals surface area contributed by atoms with Crippen molar-refractivity contribution >= 4 is 0 Å². The first kappa shape index (κ1) is 12.0. The molecule has 0 bridgehead atoms. The van der Waals surface area contributed by atoms with Crippen LogP contribution < -0.4 is 0 Å². The maximum atomic E-state index is 10.7. The monoisotopic (exact) mass is 238 g/mol. The highest BCUT2D eigenvalue weighted by Gasteiger charge is 2.67. The Labute approximate surface area is 104 Å². The van der Waals surface area contributed by atoms with Crippen LogP contribution in [-0.4, -0.2) is 22.4 Å². The van der Waals surface area contributed by atoms with Crippen molar-refractivity contribution < 1.29 is 10.2 Å². The second kappa shape index (κ2) is 3.48. The standard InChI is InChI=1S/C15H26O2/c1-9-4-5-10-12(9)13-11(14(13,2)3)6-7-15(10,17)8-16/h9-13,16-17H,4-8H2,1-3H3. The molecule has 3 aliphatic rings. The summed E-state index contributed by atoms with van der Waals surface area (Å²) in [4.78, 5) is 0. The van der Waals surface area contributed by atoms with Crippen LogP contribution in [0.4, 0.5) is 0 Å². The van der Waals surface area contributed by atoms with Gasteiger partial charge in [-0.05, 0) is 54.3 Å². The fraction of sp³-hybridized carbons (Fsp3) is 1.00. The van der Waals surface area contributed by atoms with Crippen LogP contribution in [0.3, 0.4) is 0 Å². The third-order valence-electron chi connectivity index (χ3n) is 6.46. The lowest BCUT2D eigenvalue weighted by molar-refractivity contribution is -0.0830. The molecule has 0 amide bonds. The predicted molar refractivity (Wildman–Crippen MR) is 67.4 cm³/mol. The molecule has 6 atom stereocenters. The first-order chi connectivity index (χ1) is 7.92. The zero-order valence-electron chi connectivity index (χ0n) is 11.3. The molecule has 2 N–H and O–H groups in total. The first-order valence-corrected chi connectivity index (χ1v) is 7.25. The number of fused-ring (bicyclic) bond motifs is 3. The van der Waals surface area contributed by atoms with Crippen molar-refractivity contribution in [2.45, 2.75) is 52.1 Å². The highest BCUT2D eigenvalue weighted by molar-refractivity contribution is 5.15. The largest absolute Gasteiger partial charge is 0.393 e. The molecule has 0 aliphatic heterocycles. The average Bonchev–Trinajstić information content (AvgIpc) is 2.65. The Morgan fingerprint density at radius 1 is 1.12 bits per heavy atom. The molecule has 0 heterocycles. The van der Waals surface area contributed by atoms with Gasteiger partial charge in [-0.3, -0.25) is 0 Å². The van der Waals surface area contributed by atoms with E-state index < -0.39 is 5.60 Å². The molecule has 0 aromatic rings. The summed E-state index contributed by atoms with van der Waals surface area (Å²) in [7, 11) is 0. The summed E-state index contributed by atoms with van der Waals surface area (Å²) in [6.07, 6.45) is 4.26. The molecule has 3 fully saturated rings. The molecule has 98 valence electrons. The van der Waals surface area contributed by atoms with Gasteiger partial charge in [0.05, 0.1) is 12.2 Å². The van der Waals surface area contributed by atoms with Gasteiger partial charge >= 0.3 is 0 Å². The zero-order chi connectivity index (χ0) is 12.4. The van der Waals surface area contributed by atoms with Crippen LogP contribution in [0.1, 0.15) is 46.5 Å². The highest BCUT2D eigenvalue weighted by Crippen LogP contribution is 2.71. The maximum Gasteiger partial charge on any atom is 0.0908 e. The van der Waals surface area contributed by atoms with E-state index in [-0.39, 0.29) is 6.61 Å². The molecule has 6 unspecified atom stereocenters. The summed E-state index contributed by atoms with van der Waals surface area (Å²) < 4.78 is 0. The second-order valence-corrected chi connectivity index (χ2v) is 7.49. The molecular weight excluding hydrogens is 212 g/mol. The molecule has 2 nitrogen and oxygen atoms in total. The van der Waals surface area contributed by atoms with Gasteiger partial charge in [0, 0.05) is 0 Å². The lowest BCUT2D eigenvalue weighted by atomic mass is 9.74. The van der Waals surface area contributed by atoms with Gasteiger partial charge in [-0.15, -0.1) is 0 Å². The fourth-order valence-corrected chi connectivity index (χ4v) is 5.34. The van der Waals surface area contributed by atoms with Gasteiger partial charge in [0.1, 0.15) is 0 Å². The van der Waals surface area contributed by atoms with Crippen molar-refractivity contribution in [3.05, 3.63) is 0 Å². The molecule has 3 rings (SSSR count). The minimum atomic E-state index is -0.779. The van der Waals surface area contributed by atoms with Crippen LogP contribution in [0.5, 0.6) is 0 Å². The van der Waals surface area contributed by atoms with Crippen LogP contribution in [0.25, 0.3) is 0 Å². The maximum absolute atomic E-state index is 10.7. The third kappa shape index (κ3) is 1.46. The Bertz CT molecular complexity index is 325. The molecule has 2 heteroatoms. The van der Waals surface area contributed by atoms with Crippen molar-refractivity contribution in [3.63, 3.8) is 0 Å². The van der Waals surface area contributed by atoms with Gasteiger partial charge < -0.3 is 10.2 Å². The topological polar surface area (TPSA) is 40.5 Å². The van der Waals surface area contributed by atoms with Crippen LogP contribution in [0.15, 0.2) is 0 Å². The number of rotatable bonds is 1. The van der Waals surface area contributed by atoms with Crippen LogP contribution >= 0.6 is 0 Å². The van der Waals surface area contributed by atoms with E-state index in [0.717, 1.165) is 37.0 Å². The van der Waals surface area contributed by atoms with Gasteiger partial charge in [0.25, 0.3) is 0 Å². The Morgan fingerprint density at radius 3 is 2.47 bits per heavy atom. The molecular formula is C15H26O2.